The molecule has 8 nitrogen and oxygen atoms in total. The second-order valence-corrected chi connectivity index (χ2v) is 6.68. The Labute approximate surface area is 147 Å². The lowest BCUT2D eigenvalue weighted by Crippen LogP contribution is -2.36. The zero-order chi connectivity index (χ0) is 17.4. The molecule has 1 aliphatic rings. The minimum absolute atomic E-state index is 0.435. The van der Waals surface area contributed by atoms with Crippen LogP contribution in [0.2, 0.25) is 0 Å². The van der Waals surface area contributed by atoms with E-state index in [1.807, 2.05) is 6.07 Å². The number of rotatable bonds is 3. The molecule has 25 heavy (non-hydrogen) atoms. The van der Waals surface area contributed by atoms with Gasteiger partial charge in [0.15, 0.2) is 11.6 Å². The largest absolute Gasteiger partial charge is 0.384 e. The number of hydrogen-bond donors (Lipinski definition) is 2. The van der Waals surface area contributed by atoms with Crippen molar-refractivity contribution >= 4 is 39.1 Å². The Hall–Kier alpha value is -2.78. The summed E-state index contributed by atoms with van der Waals surface area (Å²) < 4.78 is 6.27. The third-order valence-electron chi connectivity index (χ3n) is 3.95. The monoisotopic (exact) mass is 356 g/mol. The number of amides is 1. The molecule has 0 unspecified atom stereocenters. The minimum atomic E-state index is -0.466. The van der Waals surface area contributed by atoms with Crippen LogP contribution < -0.4 is 16.4 Å². The Morgan fingerprint density at radius 2 is 2.04 bits per heavy atom. The molecule has 0 spiro atoms. The number of nitrogen functional groups attached to an aromatic ring is 1. The maximum absolute atomic E-state index is 11.6. The molecule has 0 aromatic carbocycles. The van der Waals surface area contributed by atoms with Gasteiger partial charge in [-0.1, -0.05) is 0 Å². The first-order chi connectivity index (χ1) is 12.1. The zero-order valence-electron chi connectivity index (χ0n) is 13.3. The Morgan fingerprint density at radius 3 is 2.72 bits per heavy atom. The lowest BCUT2D eigenvalue weighted by atomic mass is 10.2. The second kappa shape index (κ2) is 6.26. The zero-order valence-corrected chi connectivity index (χ0v) is 14.1. The van der Waals surface area contributed by atoms with Crippen molar-refractivity contribution < 1.29 is 9.53 Å². The topological polar surface area (TPSA) is 120 Å². The fraction of sp³-hybridized carbons (Fsp3) is 0.250. The molecule has 4 N–H and O–H groups in total. The molecule has 1 fully saturated rings. The van der Waals surface area contributed by atoms with Crippen LogP contribution in [0.5, 0.6) is 0 Å². The molecule has 0 saturated carbocycles. The summed E-state index contributed by atoms with van der Waals surface area (Å²) in [6.07, 6.45) is 1.64. The van der Waals surface area contributed by atoms with E-state index in [9.17, 15) is 4.79 Å². The number of morpholine rings is 1. The highest BCUT2D eigenvalue weighted by Gasteiger charge is 2.21. The van der Waals surface area contributed by atoms with Gasteiger partial charge in [0, 0.05) is 24.8 Å². The van der Waals surface area contributed by atoms with Crippen LogP contribution in [-0.4, -0.2) is 47.2 Å². The van der Waals surface area contributed by atoms with Gasteiger partial charge in [-0.25, -0.2) is 15.0 Å². The van der Waals surface area contributed by atoms with Crippen molar-refractivity contribution in [1.82, 2.24) is 15.0 Å². The molecule has 0 bridgehead atoms. The van der Waals surface area contributed by atoms with E-state index in [0.717, 1.165) is 29.2 Å². The number of pyridine rings is 1. The highest BCUT2D eigenvalue weighted by molar-refractivity contribution is 7.21. The number of aromatic nitrogens is 3. The van der Waals surface area contributed by atoms with Crippen LogP contribution in [0.4, 0.5) is 11.6 Å². The molecular weight excluding hydrogens is 340 g/mol. The number of ether oxygens (including phenoxy) is 1. The van der Waals surface area contributed by atoms with Crippen LogP contribution in [-0.2, 0) is 4.74 Å². The van der Waals surface area contributed by atoms with E-state index in [4.69, 9.17) is 21.2 Å². The lowest BCUT2D eigenvalue weighted by molar-refractivity contribution is 0.100. The highest BCUT2D eigenvalue weighted by Crippen LogP contribution is 2.34. The van der Waals surface area contributed by atoms with Gasteiger partial charge in [-0.3, -0.25) is 4.79 Å². The number of nitrogens with two attached hydrogens (primary N) is 2. The summed E-state index contributed by atoms with van der Waals surface area (Å²) in [5.74, 6) is 1.30. The Bertz CT molecular complexity index is 934. The van der Waals surface area contributed by atoms with Crippen molar-refractivity contribution in [2.24, 2.45) is 5.73 Å². The van der Waals surface area contributed by atoms with Crippen LogP contribution in [0.1, 0.15) is 9.67 Å². The summed E-state index contributed by atoms with van der Waals surface area (Å²) in [6.45, 7) is 2.74. The average Bonchev–Trinajstić information content (AvgIpc) is 3.07. The molecule has 0 atom stereocenters. The van der Waals surface area contributed by atoms with Crippen LogP contribution in [0.15, 0.2) is 24.4 Å². The van der Waals surface area contributed by atoms with E-state index in [-0.39, 0.29) is 0 Å². The normalized spacial score (nSPS) is 14.8. The van der Waals surface area contributed by atoms with E-state index < -0.39 is 5.91 Å². The highest BCUT2D eigenvalue weighted by atomic mass is 32.1. The van der Waals surface area contributed by atoms with Gasteiger partial charge >= 0.3 is 0 Å². The summed E-state index contributed by atoms with van der Waals surface area (Å²) in [5.41, 5.74) is 12.6. The predicted octanol–water partition coefficient (Wildman–Crippen LogP) is 1.27. The number of hydrogen-bond acceptors (Lipinski definition) is 8. The van der Waals surface area contributed by atoms with E-state index in [0.29, 0.717) is 35.2 Å². The molecule has 9 heteroatoms. The van der Waals surface area contributed by atoms with Crippen LogP contribution in [0, 0.1) is 0 Å². The van der Waals surface area contributed by atoms with Gasteiger partial charge in [0.1, 0.15) is 5.82 Å². The summed E-state index contributed by atoms with van der Waals surface area (Å²) in [4.78, 5) is 27.6. The molecule has 3 aromatic rings. The second-order valence-electron chi connectivity index (χ2n) is 5.63. The van der Waals surface area contributed by atoms with Crippen molar-refractivity contribution in [3.05, 3.63) is 29.3 Å². The molecule has 4 rings (SSSR count). The summed E-state index contributed by atoms with van der Waals surface area (Å²) in [5, 5.41) is 0. The molecule has 1 aliphatic heterocycles. The molecule has 1 saturated heterocycles. The first-order valence-corrected chi connectivity index (χ1v) is 8.59. The SMILES string of the molecule is NC(=O)c1cc2nc(-c3ccc(N)nc3)nc(N3CCOCC3)c2s1. The fourth-order valence-corrected chi connectivity index (χ4v) is 3.66. The Balaban J connectivity index is 1.89. The third-order valence-corrected chi connectivity index (χ3v) is 5.09. The van der Waals surface area contributed by atoms with Gasteiger partial charge in [-0.15, -0.1) is 11.3 Å². The predicted molar refractivity (Wildman–Crippen MR) is 96.6 cm³/mol. The van der Waals surface area contributed by atoms with E-state index >= 15 is 0 Å². The molecule has 0 radical (unpaired) electrons. The van der Waals surface area contributed by atoms with Crippen molar-refractivity contribution in [3.8, 4) is 11.4 Å². The number of nitrogens with zero attached hydrogens (tertiary/aromatic N) is 4. The van der Waals surface area contributed by atoms with Crippen LogP contribution >= 0.6 is 11.3 Å². The molecule has 3 aromatic heterocycles. The molecule has 1 amide bonds. The smallest absolute Gasteiger partial charge is 0.258 e. The van der Waals surface area contributed by atoms with Crippen LogP contribution in [0.25, 0.3) is 21.6 Å². The Kier molecular flexibility index (Phi) is 3.94. The lowest BCUT2D eigenvalue weighted by Gasteiger charge is -2.28. The van der Waals surface area contributed by atoms with Gasteiger partial charge in [0.05, 0.1) is 28.3 Å². The van der Waals surface area contributed by atoms with Gasteiger partial charge in [0.2, 0.25) is 0 Å². The van der Waals surface area contributed by atoms with E-state index in [1.54, 1.807) is 18.3 Å². The summed E-state index contributed by atoms with van der Waals surface area (Å²) >= 11 is 1.31. The number of carbonyl (C=O) groups excluding carboxylic acids is 1. The molecular formula is C16H16N6O2S. The Morgan fingerprint density at radius 1 is 1.24 bits per heavy atom. The quantitative estimate of drug-likeness (QED) is 0.725. The average molecular weight is 356 g/mol. The molecule has 0 aliphatic carbocycles. The number of fused-ring (bicyclic) bond motifs is 1. The number of anilines is 2. The van der Waals surface area contributed by atoms with Gasteiger partial charge < -0.3 is 21.1 Å². The van der Waals surface area contributed by atoms with Crippen molar-refractivity contribution in [1.29, 1.82) is 0 Å². The fourth-order valence-electron chi connectivity index (χ4n) is 2.69. The standard InChI is InChI=1S/C16H16N6O2S/c17-12-2-1-9(8-19-12)15-20-10-7-11(14(18)23)25-13(10)16(21-15)22-3-5-24-6-4-22/h1-2,7-8H,3-6H2,(H2,17,19)(H2,18,23). The van der Waals surface area contributed by atoms with Gasteiger partial charge in [-0.2, -0.15) is 0 Å². The summed E-state index contributed by atoms with van der Waals surface area (Å²) in [6, 6.07) is 5.25. The molecule has 4 heterocycles. The number of thiophene rings is 1. The number of carbonyl (C=O) groups is 1. The first kappa shape index (κ1) is 15.7. The minimum Gasteiger partial charge on any atom is -0.384 e. The van der Waals surface area contributed by atoms with Crippen molar-refractivity contribution in [3.63, 3.8) is 0 Å². The van der Waals surface area contributed by atoms with Crippen molar-refractivity contribution in [2.45, 2.75) is 0 Å². The maximum Gasteiger partial charge on any atom is 0.258 e. The number of primary amides is 1. The first-order valence-electron chi connectivity index (χ1n) is 7.78. The van der Waals surface area contributed by atoms with E-state index in [1.165, 1.54) is 11.3 Å². The third kappa shape index (κ3) is 2.99. The maximum atomic E-state index is 11.6. The van der Waals surface area contributed by atoms with Gasteiger partial charge in [-0.05, 0) is 18.2 Å². The van der Waals surface area contributed by atoms with E-state index in [2.05, 4.69) is 14.9 Å². The van der Waals surface area contributed by atoms with Crippen molar-refractivity contribution in [2.75, 3.05) is 36.9 Å². The molecule has 128 valence electrons. The summed E-state index contributed by atoms with van der Waals surface area (Å²) in [7, 11) is 0. The van der Waals surface area contributed by atoms with Crippen LogP contribution in [0.3, 0.4) is 0 Å². The van der Waals surface area contributed by atoms with Gasteiger partial charge in [0.25, 0.3) is 5.91 Å².